The Bertz CT molecular complexity index is 1270. The van der Waals surface area contributed by atoms with Crippen LogP contribution in [0.4, 0.5) is 5.69 Å². The Balaban J connectivity index is 2.38. The van der Waals surface area contributed by atoms with Gasteiger partial charge in [-0.3, -0.25) is 4.72 Å². The van der Waals surface area contributed by atoms with E-state index in [9.17, 15) is 21.9 Å². The molecule has 2 aromatic rings. The first-order chi connectivity index (χ1) is 13.7. The van der Waals surface area contributed by atoms with Gasteiger partial charge in [0.1, 0.15) is 10.5 Å². The highest BCUT2D eigenvalue weighted by atomic mass is 35.5. The molecule has 0 heterocycles. The molecule has 160 valence electrons. The van der Waals surface area contributed by atoms with Crippen molar-refractivity contribution in [2.75, 3.05) is 4.72 Å². The molecule has 2 rings (SSSR count). The number of halogens is 2. The fourth-order valence-electron chi connectivity index (χ4n) is 2.12. The molecule has 0 bridgehead atoms. The fourth-order valence-corrected chi connectivity index (χ4v) is 4.09. The Morgan fingerprint density at radius 3 is 2.30 bits per heavy atom. The largest absolute Gasteiger partial charge is 0.378 e. The smallest absolute Gasteiger partial charge is 0.255 e. The molecule has 4 N–H and O–H groups in total. The van der Waals surface area contributed by atoms with E-state index < -0.39 is 30.5 Å². The Morgan fingerprint density at radius 1 is 1.07 bits per heavy atom. The van der Waals surface area contributed by atoms with Gasteiger partial charge in [-0.05, 0) is 55.8 Å². The summed E-state index contributed by atoms with van der Waals surface area (Å²) in [6, 6.07) is 8.28. The van der Waals surface area contributed by atoms with Gasteiger partial charge in [0.05, 0.1) is 21.1 Å². The lowest BCUT2D eigenvalue weighted by Crippen LogP contribution is -2.18. The van der Waals surface area contributed by atoms with Crippen LogP contribution >= 0.6 is 23.2 Å². The minimum absolute atomic E-state index is 0.232. The fraction of sp³-hybridized carbons (Fsp3) is 0.158. The molecule has 2 aromatic carbocycles. The van der Waals surface area contributed by atoms with Crippen molar-refractivity contribution in [3.05, 3.63) is 63.0 Å². The van der Waals surface area contributed by atoms with Crippen molar-refractivity contribution in [1.29, 1.82) is 0 Å². The van der Waals surface area contributed by atoms with E-state index in [-0.39, 0.29) is 16.3 Å². The summed E-state index contributed by atoms with van der Waals surface area (Å²) in [4.78, 5) is -0.462. The van der Waals surface area contributed by atoms with Crippen LogP contribution in [-0.4, -0.2) is 27.5 Å². The lowest BCUT2D eigenvalue weighted by Gasteiger charge is -2.10. The number of nitrogens with two attached hydrogens (primary N) is 1. The Labute approximate surface area is 185 Å². The second kappa shape index (κ2) is 8.98. The maximum Gasteiger partial charge on any atom is 0.255 e. The third kappa shape index (κ3) is 7.32. The van der Waals surface area contributed by atoms with Crippen LogP contribution in [0.25, 0.3) is 6.08 Å². The van der Waals surface area contributed by atoms with E-state index >= 15 is 0 Å². The Morgan fingerprint density at radius 2 is 1.73 bits per heavy atom. The number of sulfonamides is 2. The Hall–Kier alpha value is -2.06. The second-order valence-corrected chi connectivity index (χ2v) is 10.6. The maximum atomic E-state index is 12.4. The number of rotatable bonds is 5. The first-order valence-corrected chi connectivity index (χ1v) is 12.1. The average molecular weight is 489 g/mol. The summed E-state index contributed by atoms with van der Waals surface area (Å²) in [5.74, 6) is 5.14. The van der Waals surface area contributed by atoms with Gasteiger partial charge in [-0.25, -0.2) is 22.0 Å². The zero-order valence-corrected chi connectivity index (χ0v) is 19.0. The van der Waals surface area contributed by atoms with Crippen LogP contribution < -0.4 is 9.86 Å². The predicted octanol–water partition coefficient (Wildman–Crippen LogP) is 3.18. The van der Waals surface area contributed by atoms with E-state index in [4.69, 9.17) is 28.3 Å². The number of nitrogens with one attached hydrogen (secondary N) is 1. The van der Waals surface area contributed by atoms with Gasteiger partial charge in [0.15, 0.2) is 0 Å². The van der Waals surface area contributed by atoms with Crippen molar-refractivity contribution in [2.24, 2.45) is 5.14 Å². The first-order valence-electron chi connectivity index (χ1n) is 8.25. The number of aliphatic hydroxyl groups is 1. The summed E-state index contributed by atoms with van der Waals surface area (Å²) in [6.07, 6.45) is 1.27. The maximum absolute atomic E-state index is 12.4. The predicted molar refractivity (Wildman–Crippen MR) is 119 cm³/mol. The van der Waals surface area contributed by atoms with Gasteiger partial charge in [0.2, 0.25) is 10.0 Å². The van der Waals surface area contributed by atoms with E-state index in [1.807, 2.05) is 0 Å². The van der Waals surface area contributed by atoms with Gasteiger partial charge in [-0.1, -0.05) is 41.1 Å². The third-order valence-electron chi connectivity index (χ3n) is 3.44. The van der Waals surface area contributed by atoms with Crippen molar-refractivity contribution >= 4 is 55.0 Å². The van der Waals surface area contributed by atoms with Crippen LogP contribution in [0.3, 0.4) is 0 Å². The molecule has 0 saturated carbocycles. The quantitative estimate of drug-likeness (QED) is 0.556. The molecule has 7 nitrogen and oxygen atoms in total. The lowest BCUT2D eigenvalue weighted by atomic mass is 10.1. The van der Waals surface area contributed by atoms with E-state index in [2.05, 4.69) is 16.6 Å². The first kappa shape index (κ1) is 24.2. The highest BCUT2D eigenvalue weighted by Crippen LogP contribution is 2.25. The zero-order chi connectivity index (χ0) is 22.7. The minimum atomic E-state index is -4.27. The average Bonchev–Trinajstić information content (AvgIpc) is 2.60. The van der Waals surface area contributed by atoms with Crippen LogP contribution in [0.15, 0.2) is 46.7 Å². The van der Waals surface area contributed by atoms with Gasteiger partial charge in [0.25, 0.3) is 10.0 Å². The molecule has 0 aliphatic heterocycles. The van der Waals surface area contributed by atoms with Crippen molar-refractivity contribution in [3.63, 3.8) is 0 Å². The van der Waals surface area contributed by atoms with Crippen LogP contribution in [0, 0.1) is 11.8 Å². The molecule has 0 fully saturated rings. The molecule has 0 aliphatic carbocycles. The number of hydrogen-bond donors (Lipinski definition) is 3. The monoisotopic (exact) mass is 488 g/mol. The van der Waals surface area contributed by atoms with E-state index in [1.165, 1.54) is 44.2 Å². The molecule has 11 heteroatoms. The number of benzene rings is 2. The van der Waals surface area contributed by atoms with Crippen molar-refractivity contribution in [2.45, 2.75) is 24.3 Å². The van der Waals surface area contributed by atoms with Crippen LogP contribution in [0.1, 0.15) is 25.0 Å². The highest BCUT2D eigenvalue weighted by Gasteiger charge is 2.18. The summed E-state index contributed by atoms with van der Waals surface area (Å²) < 4.78 is 50.8. The van der Waals surface area contributed by atoms with Gasteiger partial charge >= 0.3 is 0 Å². The summed E-state index contributed by atoms with van der Waals surface area (Å²) in [7, 11) is -8.36. The summed E-state index contributed by atoms with van der Waals surface area (Å²) >= 11 is 11.7. The standard InChI is InChI=1S/C19H18Cl2N2O5S2/c1-19(2,24)9-7-13-4-6-17(18(12-13)30(22,27)28)23-29(25,26)10-8-14-3-5-15(20)16(21)11-14/h3-6,8,10-12,23-24H,1-2H3,(H2,22,27,28). The van der Waals surface area contributed by atoms with Gasteiger partial charge < -0.3 is 5.11 Å². The van der Waals surface area contributed by atoms with Gasteiger partial charge in [0, 0.05) is 5.56 Å². The van der Waals surface area contributed by atoms with E-state index in [0.717, 1.165) is 11.5 Å². The third-order valence-corrected chi connectivity index (χ3v) is 6.13. The van der Waals surface area contributed by atoms with E-state index in [0.29, 0.717) is 10.6 Å². The lowest BCUT2D eigenvalue weighted by molar-refractivity contribution is 0.143. The molecular weight excluding hydrogens is 471 g/mol. The molecule has 0 aliphatic rings. The molecule has 0 unspecified atom stereocenters. The number of anilines is 1. The van der Waals surface area contributed by atoms with Crippen LogP contribution in [0.2, 0.25) is 10.0 Å². The van der Waals surface area contributed by atoms with Gasteiger partial charge in [-0.2, -0.15) is 0 Å². The molecule has 0 amide bonds. The van der Waals surface area contributed by atoms with E-state index in [1.54, 1.807) is 6.07 Å². The Kier molecular flexibility index (Phi) is 7.24. The zero-order valence-electron chi connectivity index (χ0n) is 15.8. The molecule has 0 spiro atoms. The van der Waals surface area contributed by atoms with Crippen molar-refractivity contribution in [3.8, 4) is 11.8 Å². The van der Waals surface area contributed by atoms with Crippen molar-refractivity contribution < 1.29 is 21.9 Å². The topological polar surface area (TPSA) is 127 Å². The molecule has 0 saturated heterocycles. The summed E-state index contributed by atoms with van der Waals surface area (Å²) in [5.41, 5.74) is -0.837. The van der Waals surface area contributed by atoms with Crippen LogP contribution in [0.5, 0.6) is 0 Å². The molecule has 30 heavy (non-hydrogen) atoms. The highest BCUT2D eigenvalue weighted by molar-refractivity contribution is 7.95. The molecule has 0 atom stereocenters. The summed E-state index contributed by atoms with van der Waals surface area (Å²) in [5, 5.41) is 16.3. The molecule has 0 aromatic heterocycles. The minimum Gasteiger partial charge on any atom is -0.378 e. The SMILES string of the molecule is CC(C)(O)C#Cc1ccc(NS(=O)(=O)C=Cc2ccc(Cl)c(Cl)c2)c(S(N)(=O)=O)c1. The normalized spacial score (nSPS) is 12.5. The molecule has 0 radical (unpaired) electrons. The van der Waals surface area contributed by atoms with Crippen molar-refractivity contribution in [1.82, 2.24) is 0 Å². The molecular formula is C19H18Cl2N2O5S2. The number of primary sulfonamides is 1. The summed E-state index contributed by atoms with van der Waals surface area (Å²) in [6.45, 7) is 2.92. The van der Waals surface area contributed by atoms with Gasteiger partial charge in [-0.15, -0.1) is 0 Å². The van der Waals surface area contributed by atoms with Crippen LogP contribution in [-0.2, 0) is 20.0 Å². The number of hydrogen-bond acceptors (Lipinski definition) is 5. The second-order valence-electron chi connectivity index (χ2n) is 6.69.